The Morgan fingerprint density at radius 2 is 1.93 bits per heavy atom. The van der Waals surface area contributed by atoms with Crippen LogP contribution in [0.5, 0.6) is 5.75 Å². The minimum Gasteiger partial charge on any atom is -0.495 e. The van der Waals surface area contributed by atoms with Crippen molar-refractivity contribution in [3.05, 3.63) is 59.9 Å². The Morgan fingerprint density at radius 3 is 2.67 bits per heavy atom. The number of urea groups is 1. The first-order chi connectivity index (χ1) is 13.1. The number of likely N-dealkylation sites (tertiary alicyclic amines) is 1. The van der Waals surface area contributed by atoms with E-state index in [1.54, 1.807) is 30.3 Å². The van der Waals surface area contributed by atoms with Crippen molar-refractivity contribution in [2.24, 2.45) is 0 Å². The molecule has 0 radical (unpaired) electrons. The molecule has 0 saturated carbocycles. The van der Waals surface area contributed by atoms with Crippen LogP contribution >= 0.6 is 0 Å². The molecule has 6 nitrogen and oxygen atoms in total. The van der Waals surface area contributed by atoms with Crippen LogP contribution in [0, 0.1) is 5.82 Å². The maximum Gasteiger partial charge on any atom is 0.322 e. The van der Waals surface area contributed by atoms with E-state index in [9.17, 15) is 14.0 Å². The molecule has 1 aliphatic rings. The molecule has 27 heavy (non-hydrogen) atoms. The van der Waals surface area contributed by atoms with Gasteiger partial charge in [-0.1, -0.05) is 24.3 Å². The van der Waals surface area contributed by atoms with E-state index in [4.69, 9.17) is 4.74 Å². The van der Waals surface area contributed by atoms with Crippen molar-refractivity contribution in [1.82, 2.24) is 10.2 Å². The van der Waals surface area contributed by atoms with Crippen LogP contribution in [0.3, 0.4) is 0 Å². The number of nitrogens with one attached hydrogen (secondary N) is 2. The summed E-state index contributed by atoms with van der Waals surface area (Å²) in [6.07, 6.45) is 1.36. The highest BCUT2D eigenvalue weighted by Crippen LogP contribution is 2.25. The van der Waals surface area contributed by atoms with Crippen LogP contribution in [-0.2, 0) is 11.3 Å². The van der Waals surface area contributed by atoms with E-state index in [1.807, 2.05) is 6.07 Å². The average Bonchev–Trinajstić information content (AvgIpc) is 3.18. The number of rotatable bonds is 5. The zero-order valence-electron chi connectivity index (χ0n) is 15.1. The van der Waals surface area contributed by atoms with Gasteiger partial charge in [-0.2, -0.15) is 0 Å². The number of carbonyl (C=O) groups excluding carboxylic acids is 2. The fourth-order valence-electron chi connectivity index (χ4n) is 3.13. The Kier molecular flexibility index (Phi) is 5.90. The van der Waals surface area contributed by atoms with Crippen molar-refractivity contribution in [1.29, 1.82) is 0 Å². The number of ether oxygens (including phenoxy) is 1. The lowest BCUT2D eigenvalue weighted by Gasteiger charge is -2.24. The normalized spacial score (nSPS) is 16.1. The van der Waals surface area contributed by atoms with Crippen molar-refractivity contribution in [2.75, 3.05) is 19.0 Å². The molecule has 0 aliphatic carbocycles. The van der Waals surface area contributed by atoms with Gasteiger partial charge in [0.05, 0.1) is 12.8 Å². The Balaban J connectivity index is 1.61. The third-order valence-corrected chi connectivity index (χ3v) is 4.54. The highest BCUT2D eigenvalue weighted by molar-refractivity contribution is 5.95. The highest BCUT2D eigenvalue weighted by atomic mass is 19.1. The van der Waals surface area contributed by atoms with Gasteiger partial charge in [0.2, 0.25) is 5.91 Å². The third kappa shape index (κ3) is 4.55. The minimum absolute atomic E-state index is 0.216. The van der Waals surface area contributed by atoms with Gasteiger partial charge in [-0.05, 0) is 42.7 Å². The number of carbonyl (C=O) groups is 2. The van der Waals surface area contributed by atoms with Gasteiger partial charge >= 0.3 is 6.03 Å². The molecular weight excluding hydrogens is 349 g/mol. The second-order valence-electron chi connectivity index (χ2n) is 6.33. The number of benzene rings is 2. The third-order valence-electron chi connectivity index (χ3n) is 4.54. The van der Waals surface area contributed by atoms with Crippen LogP contribution in [0.4, 0.5) is 14.9 Å². The number of methoxy groups -OCH3 is 1. The average molecular weight is 371 g/mol. The molecule has 1 atom stereocenters. The van der Waals surface area contributed by atoms with Gasteiger partial charge < -0.3 is 20.3 Å². The van der Waals surface area contributed by atoms with Gasteiger partial charge in [-0.15, -0.1) is 0 Å². The molecule has 0 bridgehead atoms. The summed E-state index contributed by atoms with van der Waals surface area (Å²) in [6, 6.07) is 12.2. The Morgan fingerprint density at radius 1 is 1.19 bits per heavy atom. The lowest BCUT2D eigenvalue weighted by Crippen LogP contribution is -2.47. The second kappa shape index (κ2) is 8.53. The molecule has 2 aromatic carbocycles. The van der Waals surface area contributed by atoms with Gasteiger partial charge in [0.25, 0.3) is 0 Å². The number of nitrogens with zero attached hydrogens (tertiary/aromatic N) is 1. The number of hydrogen-bond donors (Lipinski definition) is 2. The first-order valence-electron chi connectivity index (χ1n) is 8.81. The largest absolute Gasteiger partial charge is 0.495 e. The minimum atomic E-state index is -0.528. The number of para-hydroxylation sites is 2. The van der Waals surface area contributed by atoms with Gasteiger partial charge in [-0.3, -0.25) is 4.79 Å². The molecule has 1 fully saturated rings. The summed E-state index contributed by atoms with van der Waals surface area (Å²) < 4.78 is 18.2. The predicted molar refractivity (Wildman–Crippen MR) is 100.0 cm³/mol. The SMILES string of the molecule is COc1ccccc1NC(=O)N1CCC[C@H]1C(=O)NCc1ccc(F)cc1. The molecule has 3 amide bonds. The van der Waals surface area contributed by atoms with Crippen molar-refractivity contribution in [3.63, 3.8) is 0 Å². The van der Waals surface area contributed by atoms with Crippen molar-refractivity contribution in [2.45, 2.75) is 25.4 Å². The number of anilines is 1. The molecule has 3 rings (SSSR count). The topological polar surface area (TPSA) is 70.7 Å². The van der Waals surface area contributed by atoms with E-state index in [0.29, 0.717) is 24.4 Å². The van der Waals surface area contributed by atoms with Gasteiger partial charge in [-0.25, -0.2) is 9.18 Å². The molecule has 0 unspecified atom stereocenters. The molecule has 1 saturated heterocycles. The summed E-state index contributed by atoms with van der Waals surface area (Å²) in [5, 5.41) is 5.63. The Hall–Kier alpha value is -3.09. The molecule has 142 valence electrons. The molecule has 1 heterocycles. The molecule has 2 N–H and O–H groups in total. The fraction of sp³-hybridized carbons (Fsp3) is 0.300. The van der Waals surface area contributed by atoms with Crippen molar-refractivity contribution >= 4 is 17.6 Å². The second-order valence-corrected chi connectivity index (χ2v) is 6.33. The summed E-state index contributed by atoms with van der Waals surface area (Å²) in [7, 11) is 1.53. The van der Waals surface area contributed by atoms with Crippen LogP contribution in [0.1, 0.15) is 18.4 Å². The van der Waals surface area contributed by atoms with Crippen LogP contribution in [0.2, 0.25) is 0 Å². The number of amides is 3. The summed E-state index contributed by atoms with van der Waals surface area (Å²) >= 11 is 0. The summed E-state index contributed by atoms with van der Waals surface area (Å²) in [5.74, 6) is 0.0226. The lowest BCUT2D eigenvalue weighted by atomic mass is 10.2. The summed E-state index contributed by atoms with van der Waals surface area (Å²) in [5.41, 5.74) is 1.36. The molecule has 2 aromatic rings. The molecule has 0 spiro atoms. The van der Waals surface area contributed by atoms with Crippen LogP contribution < -0.4 is 15.4 Å². The van der Waals surface area contributed by atoms with E-state index in [-0.39, 0.29) is 24.3 Å². The van der Waals surface area contributed by atoms with E-state index in [2.05, 4.69) is 10.6 Å². The molecule has 7 heteroatoms. The fourth-order valence-corrected chi connectivity index (χ4v) is 3.13. The first-order valence-corrected chi connectivity index (χ1v) is 8.81. The zero-order chi connectivity index (χ0) is 19.2. The molecular formula is C20H22FN3O3. The standard InChI is InChI=1S/C20H22FN3O3/c1-27-18-7-3-2-5-16(18)23-20(26)24-12-4-6-17(24)19(25)22-13-14-8-10-15(21)11-9-14/h2-3,5,7-11,17H,4,6,12-13H2,1H3,(H,22,25)(H,23,26)/t17-/m0/s1. The molecule has 1 aliphatic heterocycles. The monoisotopic (exact) mass is 371 g/mol. The Bertz CT molecular complexity index is 810. The van der Waals surface area contributed by atoms with Crippen LogP contribution in [-0.4, -0.2) is 36.5 Å². The van der Waals surface area contributed by atoms with Gasteiger partial charge in [0.15, 0.2) is 0 Å². The number of hydrogen-bond acceptors (Lipinski definition) is 3. The quantitative estimate of drug-likeness (QED) is 0.848. The predicted octanol–water partition coefficient (Wildman–Crippen LogP) is 3.15. The summed E-state index contributed by atoms with van der Waals surface area (Å²) in [4.78, 5) is 26.7. The highest BCUT2D eigenvalue weighted by Gasteiger charge is 2.34. The maximum absolute atomic E-state index is 13.0. The Labute approximate surface area is 157 Å². The maximum atomic E-state index is 13.0. The van der Waals surface area contributed by atoms with Crippen LogP contribution in [0.25, 0.3) is 0 Å². The lowest BCUT2D eigenvalue weighted by molar-refractivity contribution is -0.124. The van der Waals surface area contributed by atoms with E-state index in [1.165, 1.54) is 24.1 Å². The smallest absolute Gasteiger partial charge is 0.322 e. The van der Waals surface area contributed by atoms with Crippen LogP contribution in [0.15, 0.2) is 48.5 Å². The van der Waals surface area contributed by atoms with Gasteiger partial charge in [0.1, 0.15) is 17.6 Å². The number of halogens is 1. The molecule has 0 aromatic heterocycles. The van der Waals surface area contributed by atoms with Crippen molar-refractivity contribution in [3.8, 4) is 5.75 Å². The van der Waals surface area contributed by atoms with Crippen molar-refractivity contribution < 1.29 is 18.7 Å². The van der Waals surface area contributed by atoms with E-state index in [0.717, 1.165) is 12.0 Å². The summed E-state index contributed by atoms with van der Waals surface area (Å²) in [6.45, 7) is 0.799. The van der Waals surface area contributed by atoms with Gasteiger partial charge in [0, 0.05) is 13.1 Å². The first kappa shape index (κ1) is 18.7. The van der Waals surface area contributed by atoms with E-state index < -0.39 is 6.04 Å². The zero-order valence-corrected chi connectivity index (χ0v) is 15.1. The van der Waals surface area contributed by atoms with E-state index >= 15 is 0 Å².